The Balaban J connectivity index is 1.71. The maximum Gasteiger partial charge on any atom is 0.143 e. The number of fused-ring (bicyclic) bond motifs is 2. The smallest absolute Gasteiger partial charge is 0.143 e. The maximum absolute atomic E-state index is 5.61. The number of aryl methyl sites for hydroxylation is 1. The second-order valence-corrected chi connectivity index (χ2v) is 8.34. The summed E-state index contributed by atoms with van der Waals surface area (Å²) in [5.41, 5.74) is 5.43. The van der Waals surface area contributed by atoms with Gasteiger partial charge in [0.05, 0.1) is 12.5 Å². The first-order valence-corrected chi connectivity index (χ1v) is 10.9. The number of anilines is 2. The van der Waals surface area contributed by atoms with Crippen LogP contribution in [0.25, 0.3) is 11.0 Å². The molecule has 2 bridgehead atoms. The summed E-state index contributed by atoms with van der Waals surface area (Å²) in [4.78, 5) is 16.9. The molecule has 1 aliphatic rings. The number of nitrogens with zero attached hydrogens (tertiary/aromatic N) is 4. The molecule has 0 fully saturated rings. The van der Waals surface area contributed by atoms with Gasteiger partial charge in [0.25, 0.3) is 0 Å². The number of aromatic amines is 1. The third-order valence-electron chi connectivity index (χ3n) is 6.05. The number of methoxy groups -OCH3 is 1. The van der Waals surface area contributed by atoms with Crippen LogP contribution < -0.4 is 10.1 Å². The van der Waals surface area contributed by atoms with Crippen molar-refractivity contribution in [2.45, 2.75) is 32.2 Å². The Morgan fingerprint density at radius 3 is 2.74 bits per heavy atom. The number of nitrogens with one attached hydrogen (secondary N) is 2. The van der Waals surface area contributed by atoms with Crippen LogP contribution >= 0.6 is 0 Å². The van der Waals surface area contributed by atoms with E-state index in [9.17, 15) is 0 Å². The van der Waals surface area contributed by atoms with Crippen LogP contribution in [0.1, 0.15) is 30.4 Å². The van der Waals surface area contributed by atoms with Crippen LogP contribution in [0.3, 0.4) is 0 Å². The molecule has 3 aromatic rings. The van der Waals surface area contributed by atoms with Gasteiger partial charge in [-0.3, -0.25) is 0 Å². The molecule has 7 heteroatoms. The minimum Gasteiger partial charge on any atom is -0.496 e. The van der Waals surface area contributed by atoms with Crippen LogP contribution in [0.5, 0.6) is 5.75 Å². The molecule has 0 atom stereocenters. The number of likely N-dealkylation sites (N-methyl/N-ethyl adjacent to an activating group) is 2. The van der Waals surface area contributed by atoms with Crippen molar-refractivity contribution >= 4 is 22.5 Å². The van der Waals surface area contributed by atoms with E-state index in [-0.39, 0.29) is 0 Å². The lowest BCUT2D eigenvalue weighted by atomic mass is 10.0. The summed E-state index contributed by atoms with van der Waals surface area (Å²) in [6, 6.07) is 6.24. The third kappa shape index (κ3) is 4.82. The Bertz CT molecular complexity index is 1060. The minimum absolute atomic E-state index is 0.816. The Labute approximate surface area is 184 Å². The van der Waals surface area contributed by atoms with Crippen LogP contribution in [-0.4, -0.2) is 59.0 Å². The maximum atomic E-state index is 5.61. The second-order valence-electron chi connectivity index (χ2n) is 8.34. The zero-order chi connectivity index (χ0) is 21.8. The average Bonchev–Trinajstić information content (AvgIpc) is 3.18. The van der Waals surface area contributed by atoms with Crippen LogP contribution in [0, 0.1) is 0 Å². The third-order valence-corrected chi connectivity index (χ3v) is 6.05. The molecule has 0 saturated heterocycles. The van der Waals surface area contributed by atoms with Gasteiger partial charge in [0.2, 0.25) is 0 Å². The molecule has 7 nitrogen and oxygen atoms in total. The molecule has 4 rings (SSSR count). The molecule has 1 aromatic carbocycles. The van der Waals surface area contributed by atoms with Gasteiger partial charge in [-0.1, -0.05) is 6.58 Å². The normalized spacial score (nSPS) is 16.7. The van der Waals surface area contributed by atoms with Gasteiger partial charge in [-0.15, -0.1) is 0 Å². The van der Waals surface area contributed by atoms with E-state index in [4.69, 9.17) is 4.74 Å². The van der Waals surface area contributed by atoms with Crippen LogP contribution in [0.4, 0.5) is 11.5 Å². The number of allylic oxidation sites excluding steroid dienone is 1. The lowest BCUT2D eigenvalue weighted by Crippen LogP contribution is -2.30. The summed E-state index contributed by atoms with van der Waals surface area (Å²) in [5, 5.41) is 4.56. The molecule has 0 saturated carbocycles. The molecule has 31 heavy (non-hydrogen) atoms. The van der Waals surface area contributed by atoms with Gasteiger partial charge in [0.1, 0.15) is 23.5 Å². The van der Waals surface area contributed by atoms with Gasteiger partial charge in [0, 0.05) is 44.3 Å². The highest BCUT2D eigenvalue weighted by Gasteiger charge is 2.15. The molecule has 0 aliphatic carbocycles. The van der Waals surface area contributed by atoms with Gasteiger partial charge >= 0.3 is 0 Å². The Hall–Kier alpha value is -3.06. The Kier molecular flexibility index (Phi) is 6.42. The van der Waals surface area contributed by atoms with E-state index < -0.39 is 0 Å². The topological polar surface area (TPSA) is 69.3 Å². The van der Waals surface area contributed by atoms with Gasteiger partial charge in [-0.2, -0.15) is 0 Å². The summed E-state index contributed by atoms with van der Waals surface area (Å²) >= 11 is 0. The standard InChI is InChI=1S/C24H32N6O/c1-17-7-5-6-8-18-13-20(9-10-21(18)31-4)28-24-22-19(14-25-23(22)26-16-27-24)15-29(2)11-12-30(17)3/h9-10,13-14,16H,1,5-8,11-12,15H2,2-4H3,(H2,25,26,27,28). The number of ether oxygens (including phenoxy) is 1. The van der Waals surface area contributed by atoms with Crippen molar-refractivity contribution in [1.29, 1.82) is 0 Å². The monoisotopic (exact) mass is 420 g/mol. The van der Waals surface area contributed by atoms with Crippen LogP contribution in [0.15, 0.2) is 43.0 Å². The number of hydrogen-bond donors (Lipinski definition) is 2. The minimum atomic E-state index is 0.816. The Morgan fingerprint density at radius 1 is 1.06 bits per heavy atom. The summed E-state index contributed by atoms with van der Waals surface area (Å²) in [6.07, 6.45) is 7.82. The number of benzene rings is 1. The predicted octanol–water partition coefficient (Wildman–Crippen LogP) is 4.31. The molecule has 164 valence electrons. The average molecular weight is 421 g/mol. The van der Waals surface area contributed by atoms with Crippen molar-refractivity contribution in [2.24, 2.45) is 0 Å². The highest BCUT2D eigenvalue weighted by atomic mass is 16.5. The zero-order valence-corrected chi connectivity index (χ0v) is 18.7. The van der Waals surface area contributed by atoms with E-state index >= 15 is 0 Å². The largest absolute Gasteiger partial charge is 0.496 e. The molecule has 0 amide bonds. The zero-order valence-electron chi connectivity index (χ0n) is 18.7. The molecule has 2 aromatic heterocycles. The van der Waals surface area contributed by atoms with E-state index in [1.807, 2.05) is 18.3 Å². The lowest BCUT2D eigenvalue weighted by Gasteiger charge is -2.25. The van der Waals surface area contributed by atoms with E-state index in [2.05, 4.69) is 56.8 Å². The molecule has 3 heterocycles. The summed E-state index contributed by atoms with van der Waals surface area (Å²) in [6.45, 7) is 7.02. The molecular formula is C24H32N6O. The summed E-state index contributed by atoms with van der Waals surface area (Å²) < 4.78 is 5.61. The van der Waals surface area contributed by atoms with Crippen molar-refractivity contribution < 1.29 is 4.74 Å². The van der Waals surface area contributed by atoms with Crippen molar-refractivity contribution in [2.75, 3.05) is 39.6 Å². The Morgan fingerprint density at radius 2 is 1.90 bits per heavy atom. The van der Waals surface area contributed by atoms with Gasteiger partial charge in [0.15, 0.2) is 0 Å². The molecule has 1 aliphatic heterocycles. The first-order valence-electron chi connectivity index (χ1n) is 10.9. The molecular weight excluding hydrogens is 388 g/mol. The fourth-order valence-electron chi connectivity index (χ4n) is 4.12. The highest BCUT2D eigenvalue weighted by molar-refractivity contribution is 5.92. The van der Waals surface area contributed by atoms with Crippen molar-refractivity contribution in [3.63, 3.8) is 0 Å². The molecule has 2 N–H and O–H groups in total. The van der Waals surface area contributed by atoms with Gasteiger partial charge in [-0.05, 0) is 62.1 Å². The van der Waals surface area contributed by atoms with Crippen LogP contribution in [0.2, 0.25) is 0 Å². The predicted molar refractivity (Wildman–Crippen MR) is 126 cm³/mol. The first-order chi connectivity index (χ1) is 15.0. The quantitative estimate of drug-likeness (QED) is 0.611. The van der Waals surface area contributed by atoms with E-state index in [0.29, 0.717) is 0 Å². The number of rotatable bonds is 1. The number of H-pyrrole nitrogens is 1. The van der Waals surface area contributed by atoms with Gasteiger partial charge < -0.3 is 24.8 Å². The van der Waals surface area contributed by atoms with Crippen molar-refractivity contribution in [3.05, 3.63) is 54.1 Å². The van der Waals surface area contributed by atoms with E-state index in [1.165, 1.54) is 16.8 Å². The summed E-state index contributed by atoms with van der Waals surface area (Å²) in [5.74, 6) is 1.75. The fourth-order valence-corrected chi connectivity index (χ4v) is 4.12. The van der Waals surface area contributed by atoms with Crippen LogP contribution in [-0.2, 0) is 13.0 Å². The number of aromatic nitrogens is 3. The lowest BCUT2D eigenvalue weighted by molar-refractivity contribution is 0.276. The molecule has 0 spiro atoms. The molecule has 0 radical (unpaired) electrons. The SMILES string of the molecule is C=C1CCCCc2cc(ccc2OC)Nc2ncnc3[nH]cc(c23)CN(C)CCN1C. The van der Waals surface area contributed by atoms with E-state index in [1.54, 1.807) is 13.4 Å². The number of hydrogen-bond acceptors (Lipinski definition) is 6. The van der Waals surface area contributed by atoms with Gasteiger partial charge in [-0.25, -0.2) is 9.97 Å². The molecule has 0 unspecified atom stereocenters. The highest BCUT2D eigenvalue weighted by Crippen LogP contribution is 2.30. The van der Waals surface area contributed by atoms with Crippen molar-refractivity contribution in [3.8, 4) is 5.75 Å². The summed E-state index contributed by atoms with van der Waals surface area (Å²) in [7, 11) is 6.02. The van der Waals surface area contributed by atoms with E-state index in [0.717, 1.165) is 73.6 Å². The second kappa shape index (κ2) is 9.39. The van der Waals surface area contributed by atoms with Crippen molar-refractivity contribution in [1.82, 2.24) is 24.8 Å². The fraction of sp³-hybridized carbons (Fsp3) is 0.417. The first kappa shape index (κ1) is 21.2.